The molecule has 0 atom stereocenters. The van der Waals surface area contributed by atoms with Gasteiger partial charge in [0, 0.05) is 38.8 Å². The highest BCUT2D eigenvalue weighted by Crippen LogP contribution is 2.42. The van der Waals surface area contributed by atoms with Crippen molar-refractivity contribution in [3.8, 4) is 78.9 Å². The van der Waals surface area contributed by atoms with Gasteiger partial charge in [-0.2, -0.15) is 5.10 Å². The van der Waals surface area contributed by atoms with Crippen LogP contribution in [0.4, 0.5) is 0 Å². The molecule has 0 saturated carbocycles. The van der Waals surface area contributed by atoms with E-state index in [1.807, 2.05) is 60.7 Å². The number of benzene rings is 7. The Morgan fingerprint density at radius 3 is 1.27 bits per heavy atom. The van der Waals surface area contributed by atoms with Gasteiger partial charge < -0.3 is 0 Å². The standard InChI is InChI=1S/C50H33N5/c1-6-16-35(17-7-1)44-33-42-31-30-41(32-43(42)47-45(36-18-8-2-9-19-36)46(54-55(44)47)37-20-10-3-11-21-37)34-26-28-40(29-27-34)50-52-48(38-22-12-4-13-23-38)51-49(53-50)39-24-14-5-15-25-39/h1-33H. The zero-order valence-corrected chi connectivity index (χ0v) is 29.8. The van der Waals surface area contributed by atoms with Crippen molar-refractivity contribution in [3.05, 3.63) is 200 Å². The minimum Gasteiger partial charge on any atom is -0.231 e. The smallest absolute Gasteiger partial charge is 0.164 e. The molecule has 0 aliphatic carbocycles. The van der Waals surface area contributed by atoms with Crippen LogP contribution in [0, 0.1) is 0 Å². The summed E-state index contributed by atoms with van der Waals surface area (Å²) in [6.07, 6.45) is 0. The number of pyridine rings is 1. The van der Waals surface area contributed by atoms with Gasteiger partial charge >= 0.3 is 0 Å². The fourth-order valence-electron chi connectivity index (χ4n) is 7.36. The SMILES string of the molecule is c1ccc(-c2nc(-c3ccccc3)nc(-c3ccc(-c4ccc5cc(-c6ccccc6)n6nc(-c7ccccc7)c(-c7ccccc7)c6c5c4)cc3)n2)cc1. The van der Waals surface area contributed by atoms with E-state index >= 15 is 0 Å². The summed E-state index contributed by atoms with van der Waals surface area (Å²) in [5.41, 5.74) is 12.5. The number of nitrogens with zero attached hydrogens (tertiary/aromatic N) is 5. The molecule has 0 aliphatic rings. The third kappa shape index (κ3) is 6.04. The predicted octanol–water partition coefficient (Wildman–Crippen LogP) is 12.3. The summed E-state index contributed by atoms with van der Waals surface area (Å²) >= 11 is 0. The first kappa shape index (κ1) is 32.2. The van der Waals surface area contributed by atoms with Crippen LogP contribution >= 0.6 is 0 Å². The van der Waals surface area contributed by atoms with Crippen LogP contribution in [0.1, 0.15) is 0 Å². The number of aromatic nitrogens is 5. The molecule has 0 saturated heterocycles. The van der Waals surface area contributed by atoms with Crippen molar-refractivity contribution in [1.82, 2.24) is 24.6 Å². The Balaban J connectivity index is 1.14. The quantitative estimate of drug-likeness (QED) is 0.166. The summed E-state index contributed by atoms with van der Waals surface area (Å²) in [5, 5.41) is 7.67. The van der Waals surface area contributed by atoms with Gasteiger partial charge in [0.1, 0.15) is 5.69 Å². The second-order valence-corrected chi connectivity index (χ2v) is 13.5. The molecule has 3 heterocycles. The maximum absolute atomic E-state index is 5.39. The molecular formula is C50H33N5. The van der Waals surface area contributed by atoms with Crippen molar-refractivity contribution < 1.29 is 0 Å². The average Bonchev–Trinajstić information content (AvgIpc) is 3.69. The van der Waals surface area contributed by atoms with Crippen molar-refractivity contribution in [2.45, 2.75) is 0 Å². The fourth-order valence-corrected chi connectivity index (χ4v) is 7.36. The van der Waals surface area contributed by atoms with Crippen LogP contribution in [-0.2, 0) is 0 Å². The first-order chi connectivity index (χ1) is 27.3. The Bertz CT molecular complexity index is 2870. The van der Waals surface area contributed by atoms with E-state index in [2.05, 4.69) is 144 Å². The highest BCUT2D eigenvalue weighted by atomic mass is 15.2. The van der Waals surface area contributed by atoms with Gasteiger partial charge in [-0.25, -0.2) is 19.5 Å². The zero-order chi connectivity index (χ0) is 36.6. The number of hydrogen-bond acceptors (Lipinski definition) is 4. The Hall–Kier alpha value is -7.50. The fraction of sp³-hybridized carbons (Fsp3) is 0. The number of rotatable bonds is 7. The van der Waals surface area contributed by atoms with Gasteiger partial charge in [0.15, 0.2) is 17.5 Å². The molecule has 0 spiro atoms. The summed E-state index contributed by atoms with van der Waals surface area (Å²) in [6.45, 7) is 0. The van der Waals surface area contributed by atoms with Crippen molar-refractivity contribution in [3.63, 3.8) is 0 Å². The number of fused-ring (bicyclic) bond motifs is 3. The lowest BCUT2D eigenvalue weighted by Crippen LogP contribution is -2.00. The van der Waals surface area contributed by atoms with Crippen LogP contribution in [0.3, 0.4) is 0 Å². The lowest BCUT2D eigenvalue weighted by atomic mass is 9.95. The summed E-state index contributed by atoms with van der Waals surface area (Å²) in [7, 11) is 0. The Labute approximate surface area is 318 Å². The molecule has 3 aromatic heterocycles. The summed E-state index contributed by atoms with van der Waals surface area (Å²) in [5.74, 6) is 1.92. The van der Waals surface area contributed by atoms with E-state index in [-0.39, 0.29) is 0 Å². The van der Waals surface area contributed by atoms with Crippen LogP contribution in [0.15, 0.2) is 200 Å². The summed E-state index contributed by atoms with van der Waals surface area (Å²) < 4.78 is 2.14. The van der Waals surface area contributed by atoms with Crippen molar-refractivity contribution in [1.29, 1.82) is 0 Å². The Kier molecular flexibility index (Phi) is 8.08. The maximum atomic E-state index is 5.39. The second-order valence-electron chi connectivity index (χ2n) is 13.5. The summed E-state index contributed by atoms with van der Waals surface area (Å²) in [4.78, 5) is 14.8. The third-order valence-electron chi connectivity index (χ3n) is 10.1. The normalized spacial score (nSPS) is 11.3. The highest BCUT2D eigenvalue weighted by Gasteiger charge is 2.22. The monoisotopic (exact) mass is 703 g/mol. The molecule has 0 N–H and O–H groups in total. The molecule has 0 amide bonds. The van der Waals surface area contributed by atoms with Gasteiger partial charge in [0.2, 0.25) is 0 Å². The van der Waals surface area contributed by atoms with Crippen LogP contribution in [0.2, 0.25) is 0 Å². The predicted molar refractivity (Wildman–Crippen MR) is 224 cm³/mol. The first-order valence-corrected chi connectivity index (χ1v) is 18.4. The van der Waals surface area contributed by atoms with Gasteiger partial charge in [0.05, 0.1) is 11.2 Å². The van der Waals surface area contributed by atoms with E-state index < -0.39 is 0 Å². The lowest BCUT2D eigenvalue weighted by Gasteiger charge is -2.12. The lowest BCUT2D eigenvalue weighted by molar-refractivity contribution is 0.979. The molecule has 0 unspecified atom stereocenters. The molecule has 0 aliphatic heterocycles. The molecule has 7 aromatic carbocycles. The molecule has 0 radical (unpaired) electrons. The van der Waals surface area contributed by atoms with E-state index in [1.54, 1.807) is 0 Å². The highest BCUT2D eigenvalue weighted by molar-refractivity contribution is 6.09. The zero-order valence-electron chi connectivity index (χ0n) is 29.8. The van der Waals surface area contributed by atoms with Crippen LogP contribution in [0.5, 0.6) is 0 Å². The minimum atomic E-state index is 0.633. The molecule has 10 aromatic rings. The van der Waals surface area contributed by atoms with E-state index in [0.717, 1.165) is 77.7 Å². The maximum Gasteiger partial charge on any atom is 0.164 e. The molecular weight excluding hydrogens is 671 g/mol. The molecule has 5 nitrogen and oxygen atoms in total. The van der Waals surface area contributed by atoms with E-state index in [9.17, 15) is 0 Å². The molecule has 55 heavy (non-hydrogen) atoms. The third-order valence-corrected chi connectivity index (χ3v) is 10.1. The van der Waals surface area contributed by atoms with E-state index in [4.69, 9.17) is 20.1 Å². The molecule has 258 valence electrons. The van der Waals surface area contributed by atoms with Crippen LogP contribution in [0.25, 0.3) is 95.2 Å². The second kappa shape index (κ2) is 13.8. The van der Waals surface area contributed by atoms with Crippen LogP contribution in [-0.4, -0.2) is 24.6 Å². The van der Waals surface area contributed by atoms with Gasteiger partial charge in [0.25, 0.3) is 0 Å². The average molecular weight is 704 g/mol. The van der Waals surface area contributed by atoms with Gasteiger partial charge in [-0.15, -0.1) is 0 Å². The minimum absolute atomic E-state index is 0.633. The Morgan fingerprint density at radius 1 is 0.327 bits per heavy atom. The largest absolute Gasteiger partial charge is 0.231 e. The van der Waals surface area contributed by atoms with Crippen LogP contribution < -0.4 is 0 Å². The van der Waals surface area contributed by atoms with E-state index in [1.165, 1.54) is 0 Å². The first-order valence-electron chi connectivity index (χ1n) is 18.4. The van der Waals surface area contributed by atoms with Gasteiger partial charge in [-0.1, -0.05) is 188 Å². The summed E-state index contributed by atoms with van der Waals surface area (Å²) in [6, 6.07) is 69.3. The molecule has 0 fully saturated rings. The van der Waals surface area contributed by atoms with Crippen molar-refractivity contribution in [2.75, 3.05) is 0 Å². The topological polar surface area (TPSA) is 56.0 Å². The van der Waals surface area contributed by atoms with Crippen molar-refractivity contribution in [2.24, 2.45) is 0 Å². The van der Waals surface area contributed by atoms with E-state index in [0.29, 0.717) is 17.5 Å². The van der Waals surface area contributed by atoms with Gasteiger partial charge in [-0.05, 0) is 34.2 Å². The van der Waals surface area contributed by atoms with Gasteiger partial charge in [-0.3, -0.25) is 0 Å². The van der Waals surface area contributed by atoms with Crippen molar-refractivity contribution >= 4 is 16.3 Å². The molecule has 10 rings (SSSR count). The number of hydrogen-bond donors (Lipinski definition) is 0. The Morgan fingerprint density at radius 2 is 0.745 bits per heavy atom. The molecule has 0 bridgehead atoms. The molecule has 5 heteroatoms.